The second-order valence-electron chi connectivity index (χ2n) is 6.21. The molecule has 0 saturated carbocycles. The summed E-state index contributed by atoms with van der Waals surface area (Å²) in [5.74, 6) is 0.810. The normalized spacial score (nSPS) is 11.9. The van der Waals surface area contributed by atoms with Crippen molar-refractivity contribution in [2.75, 3.05) is 11.9 Å². The van der Waals surface area contributed by atoms with E-state index in [9.17, 15) is 4.79 Å². The zero-order chi connectivity index (χ0) is 17.6. The van der Waals surface area contributed by atoms with Crippen molar-refractivity contribution in [1.29, 1.82) is 0 Å². The lowest BCUT2D eigenvalue weighted by atomic mass is 10.0. The van der Waals surface area contributed by atoms with Crippen LogP contribution >= 0.6 is 0 Å². The van der Waals surface area contributed by atoms with Gasteiger partial charge in [-0.1, -0.05) is 48.0 Å². The van der Waals surface area contributed by atoms with Crippen LogP contribution in [0.1, 0.15) is 28.5 Å². The van der Waals surface area contributed by atoms with Crippen LogP contribution in [0.25, 0.3) is 0 Å². The van der Waals surface area contributed by atoms with Crippen LogP contribution in [0, 0.1) is 13.8 Å². The monoisotopic (exact) mass is 335 g/mol. The molecule has 128 valence electrons. The van der Waals surface area contributed by atoms with Gasteiger partial charge < -0.3 is 15.1 Å². The fourth-order valence-electron chi connectivity index (χ4n) is 2.93. The number of amides is 1. The number of furan rings is 1. The molecule has 3 rings (SSSR count). The molecule has 1 atom stereocenters. The van der Waals surface area contributed by atoms with Gasteiger partial charge in [-0.05, 0) is 37.6 Å². The number of rotatable bonds is 6. The summed E-state index contributed by atoms with van der Waals surface area (Å²) in [5, 5.41) is 4.98. The van der Waals surface area contributed by atoms with Crippen LogP contribution in [0.5, 0.6) is 0 Å². The first-order chi connectivity index (χ1) is 12.1. The van der Waals surface area contributed by atoms with Gasteiger partial charge in [-0.2, -0.15) is 0 Å². The fraction of sp³-hybridized carbons (Fsp3) is 0.190. The van der Waals surface area contributed by atoms with Crippen molar-refractivity contribution < 1.29 is 14.5 Å². The van der Waals surface area contributed by atoms with E-state index in [1.54, 1.807) is 6.26 Å². The molecular formula is C21H23N2O2+. The molecule has 4 nitrogen and oxygen atoms in total. The van der Waals surface area contributed by atoms with Crippen LogP contribution in [-0.4, -0.2) is 12.5 Å². The van der Waals surface area contributed by atoms with Crippen molar-refractivity contribution >= 4 is 11.6 Å². The molecule has 0 spiro atoms. The summed E-state index contributed by atoms with van der Waals surface area (Å²) in [6.07, 6.45) is 1.66. The first-order valence-corrected chi connectivity index (χ1v) is 8.42. The smallest absolute Gasteiger partial charge is 0.279 e. The third kappa shape index (κ3) is 4.37. The lowest BCUT2D eigenvalue weighted by Gasteiger charge is -2.14. The number of carbonyl (C=O) groups excluding carboxylic acids is 1. The lowest BCUT2D eigenvalue weighted by Crippen LogP contribution is -2.87. The third-order valence-corrected chi connectivity index (χ3v) is 4.20. The van der Waals surface area contributed by atoms with E-state index in [-0.39, 0.29) is 11.9 Å². The standard InChI is InChI=1S/C21H22N2O2/c1-15-10-11-18(16(2)13-15)23-20(24)14-22-21(19-9-6-12-25-19)17-7-4-3-5-8-17/h3-13,21-22H,14H2,1-2H3,(H,23,24)/p+1/t21-/m1/s1. The molecule has 0 fully saturated rings. The second-order valence-corrected chi connectivity index (χ2v) is 6.21. The zero-order valence-electron chi connectivity index (χ0n) is 14.5. The van der Waals surface area contributed by atoms with Crippen molar-refractivity contribution in [3.63, 3.8) is 0 Å². The maximum Gasteiger partial charge on any atom is 0.279 e. The Kier molecular flexibility index (Phi) is 5.31. The summed E-state index contributed by atoms with van der Waals surface area (Å²) in [6, 6.07) is 19.9. The molecule has 0 saturated heterocycles. The van der Waals surface area contributed by atoms with Gasteiger partial charge in [0.25, 0.3) is 5.91 Å². The Hall–Kier alpha value is -2.85. The molecule has 0 aliphatic rings. The van der Waals surface area contributed by atoms with Gasteiger partial charge in [0.15, 0.2) is 18.3 Å². The summed E-state index contributed by atoms with van der Waals surface area (Å²) in [5.41, 5.74) is 4.22. The molecule has 3 aromatic rings. The number of nitrogens with one attached hydrogen (secondary N) is 1. The summed E-state index contributed by atoms with van der Waals surface area (Å²) < 4.78 is 5.57. The maximum atomic E-state index is 12.4. The Bertz CT molecular complexity index is 826. The molecule has 25 heavy (non-hydrogen) atoms. The van der Waals surface area contributed by atoms with E-state index < -0.39 is 0 Å². The van der Waals surface area contributed by atoms with Crippen LogP contribution in [0.3, 0.4) is 0 Å². The van der Waals surface area contributed by atoms with Gasteiger partial charge in [0.05, 0.1) is 6.26 Å². The molecule has 0 aliphatic carbocycles. The fourth-order valence-corrected chi connectivity index (χ4v) is 2.93. The average molecular weight is 335 g/mol. The van der Waals surface area contributed by atoms with Crippen molar-refractivity contribution in [1.82, 2.24) is 0 Å². The zero-order valence-corrected chi connectivity index (χ0v) is 14.5. The predicted octanol–water partition coefficient (Wildman–Crippen LogP) is 3.19. The average Bonchev–Trinajstić information content (AvgIpc) is 3.13. The molecule has 0 aliphatic heterocycles. The van der Waals surface area contributed by atoms with Crippen molar-refractivity contribution in [3.05, 3.63) is 89.4 Å². The SMILES string of the molecule is Cc1ccc(NC(=O)C[NH2+][C@H](c2ccccc2)c2ccco2)c(C)c1. The highest BCUT2D eigenvalue weighted by Crippen LogP contribution is 2.18. The van der Waals surface area contributed by atoms with Crippen LogP contribution in [0.15, 0.2) is 71.3 Å². The van der Waals surface area contributed by atoms with Gasteiger partial charge in [-0.3, -0.25) is 4.79 Å². The number of benzene rings is 2. The number of hydrogen-bond donors (Lipinski definition) is 2. The summed E-state index contributed by atoms with van der Waals surface area (Å²) in [7, 11) is 0. The summed E-state index contributed by atoms with van der Waals surface area (Å²) in [4.78, 5) is 12.4. The Balaban J connectivity index is 1.68. The number of nitrogens with two attached hydrogens (primary N) is 1. The minimum atomic E-state index is -0.0407. The van der Waals surface area contributed by atoms with Gasteiger partial charge in [0.1, 0.15) is 0 Å². The van der Waals surface area contributed by atoms with E-state index in [4.69, 9.17) is 4.42 Å². The Morgan fingerprint density at radius 2 is 1.88 bits per heavy atom. The van der Waals surface area contributed by atoms with E-state index in [1.807, 2.05) is 73.8 Å². The summed E-state index contributed by atoms with van der Waals surface area (Å²) in [6.45, 7) is 4.36. The minimum Gasteiger partial charge on any atom is -0.463 e. The molecule has 2 aromatic carbocycles. The van der Waals surface area contributed by atoms with E-state index >= 15 is 0 Å². The first kappa shape index (κ1) is 17.0. The number of quaternary nitrogens is 1. The quantitative estimate of drug-likeness (QED) is 0.727. The highest BCUT2D eigenvalue weighted by molar-refractivity contribution is 5.92. The van der Waals surface area contributed by atoms with E-state index in [2.05, 4.69) is 11.4 Å². The Morgan fingerprint density at radius 3 is 2.56 bits per heavy atom. The van der Waals surface area contributed by atoms with Gasteiger partial charge >= 0.3 is 0 Å². The molecule has 0 radical (unpaired) electrons. The topological polar surface area (TPSA) is 58.9 Å². The maximum absolute atomic E-state index is 12.4. The Morgan fingerprint density at radius 1 is 1.08 bits per heavy atom. The summed E-state index contributed by atoms with van der Waals surface area (Å²) >= 11 is 0. The largest absolute Gasteiger partial charge is 0.463 e. The number of anilines is 1. The molecule has 1 aromatic heterocycles. The van der Waals surface area contributed by atoms with Crippen LogP contribution in [0.4, 0.5) is 5.69 Å². The van der Waals surface area contributed by atoms with Crippen LogP contribution in [0.2, 0.25) is 0 Å². The molecule has 3 N–H and O–H groups in total. The van der Waals surface area contributed by atoms with Gasteiger partial charge in [0, 0.05) is 11.3 Å². The number of carbonyl (C=O) groups is 1. The predicted molar refractivity (Wildman–Crippen MR) is 98.3 cm³/mol. The molecular weight excluding hydrogens is 312 g/mol. The molecule has 0 unspecified atom stereocenters. The molecule has 4 heteroatoms. The van der Waals surface area contributed by atoms with Gasteiger partial charge in [-0.15, -0.1) is 0 Å². The van der Waals surface area contributed by atoms with Gasteiger partial charge in [-0.25, -0.2) is 0 Å². The first-order valence-electron chi connectivity index (χ1n) is 8.42. The molecule has 0 bridgehead atoms. The second kappa shape index (κ2) is 7.81. The number of hydrogen-bond acceptors (Lipinski definition) is 2. The van der Waals surface area contributed by atoms with E-state index in [0.717, 1.165) is 22.6 Å². The van der Waals surface area contributed by atoms with Crippen molar-refractivity contribution in [2.24, 2.45) is 0 Å². The van der Waals surface area contributed by atoms with E-state index in [1.165, 1.54) is 5.56 Å². The van der Waals surface area contributed by atoms with Crippen LogP contribution < -0.4 is 10.6 Å². The van der Waals surface area contributed by atoms with Crippen molar-refractivity contribution in [2.45, 2.75) is 19.9 Å². The van der Waals surface area contributed by atoms with E-state index in [0.29, 0.717) is 6.54 Å². The van der Waals surface area contributed by atoms with Crippen LogP contribution in [-0.2, 0) is 4.79 Å². The minimum absolute atomic E-state index is 0.0283. The highest BCUT2D eigenvalue weighted by Gasteiger charge is 2.21. The highest BCUT2D eigenvalue weighted by atomic mass is 16.3. The Labute approximate surface area is 147 Å². The molecule has 1 heterocycles. The van der Waals surface area contributed by atoms with Crippen molar-refractivity contribution in [3.8, 4) is 0 Å². The van der Waals surface area contributed by atoms with Gasteiger partial charge in [0.2, 0.25) is 0 Å². The lowest BCUT2D eigenvalue weighted by molar-refractivity contribution is -0.678. The number of aryl methyl sites for hydroxylation is 2. The third-order valence-electron chi connectivity index (χ3n) is 4.20. The molecule has 1 amide bonds.